The van der Waals surface area contributed by atoms with Gasteiger partial charge in [-0.15, -0.1) is 0 Å². The van der Waals surface area contributed by atoms with Crippen LogP contribution in [0.15, 0.2) is 24.4 Å². The van der Waals surface area contributed by atoms with Crippen molar-refractivity contribution in [1.29, 1.82) is 0 Å². The lowest BCUT2D eigenvalue weighted by atomic mass is 9.97. The van der Waals surface area contributed by atoms with Crippen molar-refractivity contribution in [3.63, 3.8) is 0 Å². The monoisotopic (exact) mass is 207 g/mol. The highest BCUT2D eigenvalue weighted by Crippen LogP contribution is 2.21. The number of ketones is 1. The fourth-order valence-electron chi connectivity index (χ4n) is 1.91. The van der Waals surface area contributed by atoms with Crippen molar-refractivity contribution < 1.29 is 14.3 Å². The summed E-state index contributed by atoms with van der Waals surface area (Å²) in [5, 5.41) is 0. The van der Waals surface area contributed by atoms with Crippen LogP contribution >= 0.6 is 0 Å². The summed E-state index contributed by atoms with van der Waals surface area (Å²) < 4.78 is 5.06. The summed E-state index contributed by atoms with van der Waals surface area (Å²) in [6.45, 7) is 2.13. The van der Waals surface area contributed by atoms with Crippen molar-refractivity contribution in [3.05, 3.63) is 24.4 Å². The molecule has 0 bridgehead atoms. The third-order valence-corrected chi connectivity index (χ3v) is 2.59. The molecule has 0 aromatic carbocycles. The predicted molar refractivity (Wildman–Crippen MR) is 54.0 cm³/mol. The Morgan fingerprint density at radius 3 is 3.13 bits per heavy atom. The molecule has 0 saturated heterocycles. The normalized spacial score (nSPS) is 28.9. The summed E-state index contributed by atoms with van der Waals surface area (Å²) in [4.78, 5) is 24.3. The first-order valence-electron chi connectivity index (χ1n) is 4.98. The standard InChI is InChI=1S/C11H13NO3/c1-8(13)15-9-4-6-12-5-2-3-11(14)10(12)7-9/h2-4,6,9-10H,5,7H2,1H3/t9-,10+/m1/s1. The van der Waals surface area contributed by atoms with Gasteiger partial charge in [-0.2, -0.15) is 0 Å². The average Bonchev–Trinajstić information content (AvgIpc) is 2.18. The van der Waals surface area contributed by atoms with Crippen molar-refractivity contribution >= 4 is 11.8 Å². The molecule has 0 saturated carbocycles. The van der Waals surface area contributed by atoms with Gasteiger partial charge < -0.3 is 9.64 Å². The first-order chi connectivity index (χ1) is 7.16. The third kappa shape index (κ3) is 2.09. The molecular formula is C11H13NO3. The first kappa shape index (κ1) is 9.96. The average molecular weight is 207 g/mol. The number of fused-ring (bicyclic) bond motifs is 1. The summed E-state index contributed by atoms with van der Waals surface area (Å²) in [7, 11) is 0. The maximum absolute atomic E-state index is 11.6. The Labute approximate surface area is 88.2 Å². The van der Waals surface area contributed by atoms with Crippen LogP contribution in [0, 0.1) is 0 Å². The van der Waals surface area contributed by atoms with E-state index in [1.54, 1.807) is 6.08 Å². The molecule has 0 N–H and O–H groups in total. The molecular weight excluding hydrogens is 194 g/mol. The van der Waals surface area contributed by atoms with Gasteiger partial charge in [-0.1, -0.05) is 6.08 Å². The van der Waals surface area contributed by atoms with Crippen molar-refractivity contribution in [1.82, 2.24) is 4.90 Å². The third-order valence-electron chi connectivity index (χ3n) is 2.59. The highest BCUT2D eigenvalue weighted by atomic mass is 16.5. The molecule has 2 heterocycles. The van der Waals surface area contributed by atoms with Gasteiger partial charge in [-0.25, -0.2) is 0 Å². The van der Waals surface area contributed by atoms with Crippen LogP contribution in [-0.2, 0) is 14.3 Å². The SMILES string of the molecule is CC(=O)O[C@@H]1C=CN2CC=CC(=O)[C@@H]2C1. The molecule has 0 amide bonds. The van der Waals surface area contributed by atoms with Crippen LogP contribution in [0.2, 0.25) is 0 Å². The van der Waals surface area contributed by atoms with Crippen molar-refractivity contribution in [2.45, 2.75) is 25.5 Å². The van der Waals surface area contributed by atoms with E-state index in [2.05, 4.69) is 0 Å². The van der Waals surface area contributed by atoms with Gasteiger partial charge in [0.1, 0.15) is 6.10 Å². The Bertz CT molecular complexity index is 346. The number of carbonyl (C=O) groups excluding carboxylic acids is 2. The molecule has 0 aromatic rings. The van der Waals surface area contributed by atoms with Crippen LogP contribution in [0.3, 0.4) is 0 Å². The summed E-state index contributed by atoms with van der Waals surface area (Å²) in [5.41, 5.74) is 0. The Balaban J connectivity index is 2.08. The van der Waals surface area contributed by atoms with E-state index in [1.165, 1.54) is 6.92 Å². The summed E-state index contributed by atoms with van der Waals surface area (Å²) in [6, 6.07) is -0.163. The highest BCUT2D eigenvalue weighted by Gasteiger charge is 2.30. The van der Waals surface area contributed by atoms with Gasteiger partial charge in [0.05, 0.1) is 6.04 Å². The summed E-state index contributed by atoms with van der Waals surface area (Å²) in [5.74, 6) is -0.223. The zero-order chi connectivity index (χ0) is 10.8. The number of hydrogen-bond acceptors (Lipinski definition) is 4. The molecule has 4 nitrogen and oxygen atoms in total. The Hall–Kier alpha value is -1.58. The topological polar surface area (TPSA) is 46.6 Å². The lowest BCUT2D eigenvalue weighted by molar-refractivity contribution is -0.146. The Morgan fingerprint density at radius 1 is 1.60 bits per heavy atom. The molecule has 0 unspecified atom stereocenters. The maximum Gasteiger partial charge on any atom is 0.303 e. The number of rotatable bonds is 1. The van der Waals surface area contributed by atoms with E-state index >= 15 is 0 Å². The quantitative estimate of drug-likeness (QED) is 0.592. The van der Waals surface area contributed by atoms with E-state index in [0.717, 1.165) is 6.54 Å². The molecule has 0 spiro atoms. The molecule has 0 aliphatic carbocycles. The second-order valence-corrected chi connectivity index (χ2v) is 3.74. The number of hydrogen-bond donors (Lipinski definition) is 0. The van der Waals surface area contributed by atoms with E-state index in [4.69, 9.17) is 4.74 Å². The van der Waals surface area contributed by atoms with Crippen LogP contribution in [0.5, 0.6) is 0 Å². The van der Waals surface area contributed by atoms with Gasteiger partial charge >= 0.3 is 5.97 Å². The second-order valence-electron chi connectivity index (χ2n) is 3.74. The van der Waals surface area contributed by atoms with Gasteiger partial charge in [0, 0.05) is 19.9 Å². The summed E-state index contributed by atoms with van der Waals surface area (Å²) >= 11 is 0. The smallest absolute Gasteiger partial charge is 0.303 e. The largest absolute Gasteiger partial charge is 0.458 e. The van der Waals surface area contributed by atoms with Crippen molar-refractivity contribution in [2.75, 3.05) is 6.54 Å². The predicted octanol–water partition coefficient (Wildman–Crippen LogP) is 0.645. The highest BCUT2D eigenvalue weighted by molar-refractivity contribution is 5.95. The minimum Gasteiger partial charge on any atom is -0.458 e. The molecule has 2 aliphatic rings. The molecule has 0 radical (unpaired) electrons. The minimum absolute atomic E-state index is 0.0859. The van der Waals surface area contributed by atoms with E-state index in [0.29, 0.717) is 6.42 Å². The molecule has 2 aliphatic heterocycles. The molecule has 80 valence electrons. The van der Waals surface area contributed by atoms with E-state index in [1.807, 2.05) is 23.3 Å². The molecule has 0 fully saturated rings. The summed E-state index contributed by atoms with van der Waals surface area (Å²) in [6.07, 6.45) is 7.40. The Morgan fingerprint density at radius 2 is 2.40 bits per heavy atom. The lowest BCUT2D eigenvalue weighted by Gasteiger charge is -2.35. The van der Waals surface area contributed by atoms with Gasteiger partial charge in [-0.3, -0.25) is 9.59 Å². The van der Waals surface area contributed by atoms with Crippen molar-refractivity contribution in [3.8, 4) is 0 Å². The molecule has 2 atom stereocenters. The van der Waals surface area contributed by atoms with Gasteiger partial charge in [-0.05, 0) is 18.4 Å². The fraction of sp³-hybridized carbons (Fsp3) is 0.455. The second kappa shape index (κ2) is 3.88. The van der Waals surface area contributed by atoms with E-state index < -0.39 is 0 Å². The zero-order valence-electron chi connectivity index (χ0n) is 8.55. The van der Waals surface area contributed by atoms with Crippen LogP contribution in [0.4, 0.5) is 0 Å². The lowest BCUT2D eigenvalue weighted by Crippen LogP contribution is -2.45. The van der Waals surface area contributed by atoms with Crippen LogP contribution in [-0.4, -0.2) is 35.3 Å². The van der Waals surface area contributed by atoms with Gasteiger partial charge in [0.25, 0.3) is 0 Å². The van der Waals surface area contributed by atoms with Crippen LogP contribution in [0.25, 0.3) is 0 Å². The number of esters is 1. The number of carbonyl (C=O) groups is 2. The number of nitrogens with zero attached hydrogens (tertiary/aromatic N) is 1. The molecule has 2 rings (SSSR count). The first-order valence-corrected chi connectivity index (χ1v) is 4.98. The molecule has 15 heavy (non-hydrogen) atoms. The molecule has 4 heteroatoms. The Kier molecular flexibility index (Phi) is 2.58. The van der Waals surface area contributed by atoms with Crippen LogP contribution in [0.1, 0.15) is 13.3 Å². The van der Waals surface area contributed by atoms with Gasteiger partial charge in [0.15, 0.2) is 5.78 Å². The zero-order valence-corrected chi connectivity index (χ0v) is 8.55. The minimum atomic E-state index is -0.308. The fourth-order valence-corrected chi connectivity index (χ4v) is 1.91. The van der Waals surface area contributed by atoms with E-state index in [9.17, 15) is 9.59 Å². The van der Waals surface area contributed by atoms with Crippen molar-refractivity contribution in [2.24, 2.45) is 0 Å². The molecule has 0 aromatic heterocycles. The van der Waals surface area contributed by atoms with E-state index in [-0.39, 0.29) is 23.9 Å². The van der Waals surface area contributed by atoms with Gasteiger partial charge in [0.2, 0.25) is 0 Å². The number of ether oxygens (including phenoxy) is 1. The van der Waals surface area contributed by atoms with Crippen LogP contribution < -0.4 is 0 Å². The maximum atomic E-state index is 11.6.